The summed E-state index contributed by atoms with van der Waals surface area (Å²) in [5.41, 5.74) is 3.61. The lowest BCUT2D eigenvalue weighted by atomic mass is 10.3. The highest BCUT2D eigenvalue weighted by Crippen LogP contribution is 2.12. The topological polar surface area (TPSA) is 149 Å². The smallest absolute Gasteiger partial charge is 0.442 e. The fourth-order valence-electron chi connectivity index (χ4n) is 1.60. The molecule has 2 aliphatic rings. The first kappa shape index (κ1) is 15.6. The van der Waals surface area contributed by atoms with Gasteiger partial charge in [-0.2, -0.15) is 10.0 Å². The first-order valence-electron chi connectivity index (χ1n) is 6.00. The molecule has 0 radical (unpaired) electrons. The van der Waals surface area contributed by atoms with Crippen molar-refractivity contribution >= 4 is 24.1 Å². The van der Waals surface area contributed by atoms with Crippen LogP contribution in [-0.2, 0) is 14.3 Å². The van der Waals surface area contributed by atoms with Crippen LogP contribution in [-0.4, -0.2) is 44.4 Å². The molecule has 2 heterocycles. The largest absolute Gasteiger partial charge is 0.477 e. The number of hydrogen-bond donors (Lipinski definition) is 4. The van der Waals surface area contributed by atoms with Gasteiger partial charge in [0.15, 0.2) is 11.4 Å². The average Bonchev–Trinajstić information content (AvgIpc) is 2.54. The van der Waals surface area contributed by atoms with Gasteiger partial charge in [0.2, 0.25) is 0 Å². The van der Waals surface area contributed by atoms with Crippen molar-refractivity contribution in [1.82, 2.24) is 20.9 Å². The molecule has 120 valence electrons. The van der Waals surface area contributed by atoms with E-state index in [0.29, 0.717) is 10.0 Å². The van der Waals surface area contributed by atoms with Gasteiger partial charge in [-0.25, -0.2) is 19.2 Å². The second-order valence-corrected chi connectivity index (χ2v) is 4.00. The summed E-state index contributed by atoms with van der Waals surface area (Å²) in [6, 6.07) is 0. The Bertz CT molecular complexity index is 634. The van der Waals surface area contributed by atoms with Crippen LogP contribution in [0.2, 0.25) is 0 Å². The molecule has 11 nitrogen and oxygen atoms in total. The maximum absolute atomic E-state index is 11.9. The highest BCUT2D eigenvalue weighted by atomic mass is 16.6. The summed E-state index contributed by atoms with van der Waals surface area (Å²) in [6.45, 7) is 0. The minimum atomic E-state index is -1.43. The Kier molecular flexibility index (Phi) is 4.31. The molecule has 2 aliphatic heterocycles. The monoisotopic (exact) mass is 322 g/mol. The van der Waals surface area contributed by atoms with Crippen LogP contribution in [0, 0.1) is 0 Å². The van der Waals surface area contributed by atoms with Crippen molar-refractivity contribution in [1.29, 1.82) is 0 Å². The van der Waals surface area contributed by atoms with Gasteiger partial charge >= 0.3 is 24.1 Å². The molecule has 23 heavy (non-hydrogen) atoms. The first-order chi connectivity index (χ1) is 10.9. The van der Waals surface area contributed by atoms with Crippen LogP contribution in [0.25, 0.3) is 0 Å². The number of carboxylic acid groups (broad SMARTS) is 2. The molecule has 0 aliphatic carbocycles. The number of allylic oxidation sites excluding steroid dienone is 4. The summed E-state index contributed by atoms with van der Waals surface area (Å²) in [7, 11) is 0. The summed E-state index contributed by atoms with van der Waals surface area (Å²) in [6.07, 6.45) is 4.65. The van der Waals surface area contributed by atoms with E-state index in [1.165, 1.54) is 24.6 Å². The van der Waals surface area contributed by atoms with Gasteiger partial charge in [0.25, 0.3) is 0 Å². The molecule has 0 aromatic carbocycles. The number of carbonyl (C=O) groups is 4. The lowest BCUT2D eigenvalue weighted by Gasteiger charge is -2.26. The van der Waals surface area contributed by atoms with Crippen LogP contribution >= 0.6 is 0 Å². The number of amides is 2. The van der Waals surface area contributed by atoms with Gasteiger partial charge in [-0.05, 0) is 24.3 Å². The summed E-state index contributed by atoms with van der Waals surface area (Å²) in [5.74, 6) is -2.87. The van der Waals surface area contributed by atoms with E-state index in [1.807, 2.05) is 0 Å². The highest BCUT2D eigenvalue weighted by Gasteiger charge is 2.32. The van der Waals surface area contributed by atoms with Crippen molar-refractivity contribution < 1.29 is 34.1 Å². The Labute approximate surface area is 128 Å². The van der Waals surface area contributed by atoms with Gasteiger partial charge in [0.1, 0.15) is 0 Å². The third-order valence-electron chi connectivity index (χ3n) is 2.57. The van der Waals surface area contributed by atoms with Gasteiger partial charge in [-0.1, -0.05) is 0 Å². The molecule has 0 bridgehead atoms. The second-order valence-electron chi connectivity index (χ2n) is 4.00. The summed E-state index contributed by atoms with van der Waals surface area (Å²) >= 11 is 0. The molecule has 0 saturated carbocycles. The molecule has 0 saturated heterocycles. The van der Waals surface area contributed by atoms with Crippen molar-refractivity contribution in [2.24, 2.45) is 0 Å². The van der Waals surface area contributed by atoms with E-state index in [2.05, 4.69) is 15.6 Å². The van der Waals surface area contributed by atoms with E-state index in [1.54, 1.807) is 0 Å². The number of hydrazine groups is 2. The van der Waals surface area contributed by atoms with Gasteiger partial charge in [-0.3, -0.25) is 10.9 Å². The summed E-state index contributed by atoms with van der Waals surface area (Å²) in [4.78, 5) is 45.8. The van der Waals surface area contributed by atoms with E-state index < -0.39 is 35.5 Å². The SMILES string of the molecule is O=C(O)C1=CC=CNN1C(=O)OC(=O)N1NC=CC=C1C(=O)O. The van der Waals surface area contributed by atoms with E-state index in [0.717, 1.165) is 12.2 Å². The zero-order valence-electron chi connectivity index (χ0n) is 11.3. The van der Waals surface area contributed by atoms with Gasteiger partial charge in [0, 0.05) is 12.4 Å². The Hall–Kier alpha value is -3.76. The minimum Gasteiger partial charge on any atom is -0.477 e. The fraction of sp³-hybridized carbons (Fsp3) is 0. The van der Waals surface area contributed by atoms with Crippen LogP contribution < -0.4 is 10.9 Å². The number of nitrogens with zero attached hydrogens (tertiary/aromatic N) is 2. The van der Waals surface area contributed by atoms with Gasteiger partial charge in [-0.15, -0.1) is 0 Å². The van der Waals surface area contributed by atoms with Gasteiger partial charge in [0.05, 0.1) is 0 Å². The molecule has 0 aromatic heterocycles. The van der Waals surface area contributed by atoms with Crippen molar-refractivity contribution in [3.05, 3.63) is 48.1 Å². The zero-order valence-corrected chi connectivity index (χ0v) is 11.3. The molecule has 0 aromatic rings. The van der Waals surface area contributed by atoms with Crippen LogP contribution in [0.1, 0.15) is 0 Å². The molecular weight excluding hydrogens is 312 g/mol. The summed E-state index contributed by atoms with van der Waals surface area (Å²) in [5, 5.41) is 18.9. The van der Waals surface area contributed by atoms with E-state index in [9.17, 15) is 19.2 Å². The lowest BCUT2D eigenvalue weighted by Crippen LogP contribution is -2.48. The molecule has 4 N–H and O–H groups in total. The van der Waals surface area contributed by atoms with Crippen molar-refractivity contribution in [2.75, 3.05) is 0 Å². The Morgan fingerprint density at radius 2 is 1.22 bits per heavy atom. The molecule has 11 heteroatoms. The quantitative estimate of drug-likeness (QED) is 0.509. The number of carboxylic acids is 2. The number of ether oxygens (including phenoxy) is 1. The predicted octanol–water partition coefficient (Wildman–Crippen LogP) is -0.152. The number of hydrogen-bond acceptors (Lipinski definition) is 7. The molecule has 2 amide bonds. The van der Waals surface area contributed by atoms with Crippen molar-refractivity contribution in [2.45, 2.75) is 0 Å². The Morgan fingerprint density at radius 3 is 1.57 bits per heavy atom. The van der Waals surface area contributed by atoms with Crippen LogP contribution in [0.3, 0.4) is 0 Å². The molecular formula is C12H10N4O7. The number of carbonyl (C=O) groups excluding carboxylic acids is 2. The van der Waals surface area contributed by atoms with Crippen LogP contribution in [0.15, 0.2) is 48.1 Å². The maximum Gasteiger partial charge on any atom is 0.442 e. The standard InChI is InChI=1S/C12H10N4O7/c17-9(18)7-3-1-5-13-15(7)11(21)23-12(22)16-8(10(19)20)4-2-6-14-16/h1-6,13-14H,(H,17,18)(H,19,20). The third-order valence-corrected chi connectivity index (χ3v) is 2.57. The number of rotatable bonds is 2. The van der Waals surface area contributed by atoms with Gasteiger partial charge < -0.3 is 14.9 Å². The maximum atomic E-state index is 11.9. The van der Waals surface area contributed by atoms with Crippen molar-refractivity contribution in [3.63, 3.8) is 0 Å². The van der Waals surface area contributed by atoms with Crippen LogP contribution in [0.4, 0.5) is 9.59 Å². The highest BCUT2D eigenvalue weighted by molar-refractivity contribution is 5.96. The molecule has 0 spiro atoms. The molecule has 0 atom stereocenters. The first-order valence-corrected chi connectivity index (χ1v) is 6.00. The second kappa shape index (κ2) is 6.34. The molecule has 2 rings (SSSR count). The molecule has 0 fully saturated rings. The minimum absolute atomic E-state index is 0.476. The van der Waals surface area contributed by atoms with E-state index in [4.69, 9.17) is 10.2 Å². The van der Waals surface area contributed by atoms with E-state index >= 15 is 0 Å². The average molecular weight is 322 g/mol. The lowest BCUT2D eigenvalue weighted by molar-refractivity contribution is -0.135. The summed E-state index contributed by atoms with van der Waals surface area (Å²) < 4.78 is 4.46. The predicted molar refractivity (Wildman–Crippen MR) is 71.5 cm³/mol. The Balaban J connectivity index is 2.10. The zero-order chi connectivity index (χ0) is 17.0. The number of nitrogens with one attached hydrogen (secondary N) is 2. The molecule has 0 unspecified atom stereocenters. The van der Waals surface area contributed by atoms with Crippen LogP contribution in [0.5, 0.6) is 0 Å². The third kappa shape index (κ3) is 3.29. The fourth-order valence-corrected chi connectivity index (χ4v) is 1.60. The number of aliphatic carboxylic acids is 2. The van der Waals surface area contributed by atoms with E-state index in [-0.39, 0.29) is 0 Å². The Morgan fingerprint density at radius 1 is 0.826 bits per heavy atom. The normalized spacial score (nSPS) is 15.8. The van der Waals surface area contributed by atoms with Crippen molar-refractivity contribution in [3.8, 4) is 0 Å².